The van der Waals surface area contributed by atoms with Gasteiger partial charge >= 0.3 is 0 Å². The molecule has 0 spiro atoms. The van der Waals surface area contributed by atoms with E-state index in [0.29, 0.717) is 5.65 Å². The molecule has 0 saturated heterocycles. The Bertz CT molecular complexity index is 631. The molecule has 0 fully saturated rings. The lowest BCUT2D eigenvalue weighted by molar-refractivity contribution is 0.0585. The number of nitrogens with one attached hydrogen (secondary N) is 1. The Labute approximate surface area is 122 Å². The average molecular weight is 296 g/mol. The zero-order valence-electron chi connectivity index (χ0n) is 11.7. The zero-order chi connectivity index (χ0) is 14.9. The first-order valence-electron chi connectivity index (χ1n) is 6.39. The molecule has 0 aliphatic heterocycles. The van der Waals surface area contributed by atoms with Gasteiger partial charge in [0.15, 0.2) is 10.8 Å². The monoisotopic (exact) mass is 295 g/mol. The van der Waals surface area contributed by atoms with Crippen molar-refractivity contribution in [1.82, 2.24) is 14.7 Å². The van der Waals surface area contributed by atoms with Crippen molar-refractivity contribution >= 4 is 23.2 Å². The lowest BCUT2D eigenvalue weighted by atomic mass is 9.89. The summed E-state index contributed by atoms with van der Waals surface area (Å²) in [7, 11) is 0. The fraction of sp³-hybridized carbons (Fsp3) is 0.429. The lowest BCUT2D eigenvalue weighted by Gasteiger charge is -2.25. The van der Waals surface area contributed by atoms with Crippen LogP contribution in [0.4, 0.5) is 0 Å². The van der Waals surface area contributed by atoms with Gasteiger partial charge in [0.1, 0.15) is 5.65 Å². The van der Waals surface area contributed by atoms with E-state index in [1.165, 1.54) is 0 Å². The number of amides is 1. The summed E-state index contributed by atoms with van der Waals surface area (Å²) < 4.78 is 1.63. The van der Waals surface area contributed by atoms with Crippen LogP contribution in [-0.2, 0) is 0 Å². The fourth-order valence-corrected chi connectivity index (χ4v) is 2.01. The molecule has 20 heavy (non-hydrogen) atoms. The van der Waals surface area contributed by atoms with Crippen molar-refractivity contribution in [3.05, 3.63) is 35.2 Å². The lowest BCUT2D eigenvalue weighted by Crippen LogP contribution is -2.39. The molecule has 0 radical (unpaired) electrons. The predicted molar refractivity (Wildman–Crippen MR) is 78.0 cm³/mol. The van der Waals surface area contributed by atoms with E-state index >= 15 is 0 Å². The molecule has 1 atom stereocenters. The van der Waals surface area contributed by atoms with Crippen molar-refractivity contribution in [2.45, 2.75) is 26.9 Å². The molecule has 0 aliphatic carbocycles. The number of fused-ring (bicyclic) bond motifs is 1. The van der Waals surface area contributed by atoms with Crippen molar-refractivity contribution in [3.63, 3.8) is 0 Å². The third-order valence-electron chi connectivity index (χ3n) is 3.16. The zero-order valence-corrected chi connectivity index (χ0v) is 12.5. The summed E-state index contributed by atoms with van der Waals surface area (Å²) in [5, 5.41) is 12.8. The van der Waals surface area contributed by atoms with E-state index in [0.717, 1.165) is 0 Å². The van der Waals surface area contributed by atoms with Crippen molar-refractivity contribution in [3.8, 4) is 0 Å². The van der Waals surface area contributed by atoms with Crippen molar-refractivity contribution in [2.75, 3.05) is 6.54 Å². The molecule has 0 saturated carbocycles. The van der Waals surface area contributed by atoms with Crippen LogP contribution in [0.2, 0.25) is 5.15 Å². The van der Waals surface area contributed by atoms with Gasteiger partial charge in [-0.25, -0.2) is 4.98 Å². The van der Waals surface area contributed by atoms with Gasteiger partial charge < -0.3 is 10.4 Å². The van der Waals surface area contributed by atoms with Crippen LogP contribution in [0.1, 0.15) is 31.3 Å². The first-order chi connectivity index (χ1) is 9.30. The Morgan fingerprint density at radius 2 is 2.20 bits per heavy atom. The Kier molecular flexibility index (Phi) is 4.01. The number of pyridine rings is 1. The quantitative estimate of drug-likeness (QED) is 0.911. The Morgan fingerprint density at radius 1 is 1.50 bits per heavy atom. The van der Waals surface area contributed by atoms with Gasteiger partial charge in [0.25, 0.3) is 5.91 Å². The number of aliphatic hydroxyl groups excluding tert-OH is 1. The molecule has 2 heterocycles. The standard InChI is InChI=1S/C14H18ClN3O2/c1-14(2,3)9(19)8-16-13(20)11-12(15)17-10-6-4-5-7-18(10)11/h4-7,9,19H,8H2,1-3H3,(H,16,20). The van der Waals surface area contributed by atoms with E-state index in [4.69, 9.17) is 11.6 Å². The Morgan fingerprint density at radius 3 is 2.85 bits per heavy atom. The minimum absolute atomic E-state index is 0.152. The summed E-state index contributed by atoms with van der Waals surface area (Å²) in [6.07, 6.45) is 1.09. The molecular formula is C14H18ClN3O2. The number of imidazole rings is 1. The first-order valence-corrected chi connectivity index (χ1v) is 6.77. The third-order valence-corrected chi connectivity index (χ3v) is 3.42. The van der Waals surface area contributed by atoms with Crippen molar-refractivity contribution in [1.29, 1.82) is 0 Å². The second kappa shape index (κ2) is 5.42. The second-order valence-electron chi connectivity index (χ2n) is 5.77. The van der Waals surface area contributed by atoms with E-state index in [1.807, 2.05) is 26.8 Å². The highest BCUT2D eigenvalue weighted by Crippen LogP contribution is 2.20. The highest BCUT2D eigenvalue weighted by Gasteiger charge is 2.24. The van der Waals surface area contributed by atoms with E-state index < -0.39 is 6.10 Å². The summed E-state index contributed by atoms with van der Waals surface area (Å²) in [6, 6.07) is 5.39. The number of rotatable bonds is 3. The van der Waals surface area contributed by atoms with Crippen molar-refractivity contribution < 1.29 is 9.90 Å². The third kappa shape index (κ3) is 2.94. The summed E-state index contributed by atoms with van der Waals surface area (Å²) >= 11 is 6.01. The van der Waals surface area contributed by atoms with Crippen LogP contribution in [0.5, 0.6) is 0 Å². The van der Waals surface area contributed by atoms with Crippen LogP contribution in [0.3, 0.4) is 0 Å². The molecule has 0 aliphatic rings. The van der Waals surface area contributed by atoms with E-state index in [9.17, 15) is 9.90 Å². The SMILES string of the molecule is CC(C)(C)C(O)CNC(=O)c1c(Cl)nc2ccccn12. The number of nitrogens with zero attached hydrogens (tertiary/aromatic N) is 2. The summed E-state index contributed by atoms with van der Waals surface area (Å²) in [6.45, 7) is 5.89. The van der Waals surface area contributed by atoms with Gasteiger partial charge in [-0.2, -0.15) is 0 Å². The normalized spacial score (nSPS) is 13.4. The Balaban J connectivity index is 2.18. The van der Waals surface area contributed by atoms with Gasteiger partial charge in [0, 0.05) is 12.7 Å². The topological polar surface area (TPSA) is 66.6 Å². The Hall–Kier alpha value is -1.59. The maximum atomic E-state index is 12.2. The largest absolute Gasteiger partial charge is 0.391 e. The number of aliphatic hydroxyl groups is 1. The number of carbonyl (C=O) groups excluding carboxylic acids is 1. The maximum absolute atomic E-state index is 12.2. The van der Waals surface area contributed by atoms with Gasteiger partial charge in [-0.1, -0.05) is 38.4 Å². The summed E-state index contributed by atoms with van der Waals surface area (Å²) in [4.78, 5) is 16.3. The minimum Gasteiger partial charge on any atom is -0.391 e. The van der Waals surface area contributed by atoms with E-state index in [-0.39, 0.29) is 28.7 Å². The highest BCUT2D eigenvalue weighted by molar-refractivity contribution is 6.32. The molecule has 108 valence electrons. The molecule has 0 bridgehead atoms. The molecule has 2 N–H and O–H groups in total. The van der Waals surface area contributed by atoms with Gasteiger partial charge in [-0.3, -0.25) is 9.20 Å². The van der Waals surface area contributed by atoms with Gasteiger partial charge in [0.05, 0.1) is 6.10 Å². The van der Waals surface area contributed by atoms with E-state index in [2.05, 4.69) is 10.3 Å². The molecule has 5 nitrogen and oxygen atoms in total. The molecule has 0 aromatic carbocycles. The predicted octanol–water partition coefficient (Wildman–Crippen LogP) is 2.12. The number of hydrogen-bond donors (Lipinski definition) is 2. The maximum Gasteiger partial charge on any atom is 0.271 e. The van der Waals surface area contributed by atoms with Crippen LogP contribution in [0.25, 0.3) is 5.65 Å². The molecular weight excluding hydrogens is 278 g/mol. The first kappa shape index (κ1) is 14.8. The van der Waals surface area contributed by atoms with Crippen LogP contribution < -0.4 is 5.32 Å². The number of halogens is 1. The highest BCUT2D eigenvalue weighted by atomic mass is 35.5. The molecule has 6 heteroatoms. The number of carbonyl (C=O) groups is 1. The van der Waals surface area contributed by atoms with Crippen LogP contribution in [0, 0.1) is 5.41 Å². The van der Waals surface area contributed by atoms with Gasteiger partial charge in [-0.05, 0) is 17.5 Å². The summed E-state index contributed by atoms with van der Waals surface area (Å²) in [5.74, 6) is -0.350. The molecule has 2 rings (SSSR count). The molecule has 1 amide bonds. The average Bonchev–Trinajstić information content (AvgIpc) is 2.70. The molecule has 1 unspecified atom stereocenters. The number of hydrogen-bond acceptors (Lipinski definition) is 3. The van der Waals surface area contributed by atoms with Gasteiger partial charge in [0.2, 0.25) is 0 Å². The van der Waals surface area contributed by atoms with Gasteiger partial charge in [-0.15, -0.1) is 0 Å². The van der Waals surface area contributed by atoms with Crippen molar-refractivity contribution in [2.24, 2.45) is 5.41 Å². The molecule has 2 aromatic heterocycles. The number of aromatic nitrogens is 2. The summed E-state index contributed by atoms with van der Waals surface area (Å²) in [5.41, 5.74) is 0.596. The second-order valence-corrected chi connectivity index (χ2v) is 6.13. The smallest absolute Gasteiger partial charge is 0.271 e. The van der Waals surface area contributed by atoms with E-state index in [1.54, 1.807) is 22.7 Å². The fourth-order valence-electron chi connectivity index (χ4n) is 1.75. The van der Waals surface area contributed by atoms with Crippen LogP contribution in [0.15, 0.2) is 24.4 Å². The minimum atomic E-state index is -0.635. The van der Waals surface area contributed by atoms with Crippen LogP contribution >= 0.6 is 11.6 Å². The van der Waals surface area contributed by atoms with Crippen LogP contribution in [-0.4, -0.2) is 33.0 Å². The molecule has 2 aromatic rings.